The fraction of sp³-hybridized carbons (Fsp3) is 0.526. The Balaban J connectivity index is 0.00000150. The third-order valence-corrected chi connectivity index (χ3v) is 5.64. The molecule has 1 aromatic carbocycles. The Hall–Kier alpha value is -1.38. The van der Waals surface area contributed by atoms with Crippen molar-refractivity contribution in [2.24, 2.45) is 0 Å². The summed E-state index contributed by atoms with van der Waals surface area (Å²) in [5.74, 6) is -0.0127. The summed E-state index contributed by atoms with van der Waals surface area (Å²) in [5, 5.41) is 12.4. The second-order valence-electron chi connectivity index (χ2n) is 7.26. The van der Waals surface area contributed by atoms with Gasteiger partial charge in [0.2, 0.25) is 0 Å². The van der Waals surface area contributed by atoms with Gasteiger partial charge < -0.3 is 10.2 Å². The van der Waals surface area contributed by atoms with Crippen LogP contribution in [0, 0.1) is 0 Å². The van der Waals surface area contributed by atoms with Crippen LogP contribution < -0.4 is 5.32 Å². The van der Waals surface area contributed by atoms with Gasteiger partial charge in [-0.15, -0.1) is 29.9 Å². The number of carbonyl (C=O) groups excluding carboxylic acids is 1. The summed E-state index contributed by atoms with van der Waals surface area (Å²) in [4.78, 5) is 17.0. The van der Waals surface area contributed by atoms with E-state index in [0.29, 0.717) is 24.8 Å². The minimum atomic E-state index is -0.0127. The lowest BCUT2D eigenvalue weighted by atomic mass is 10.1. The molecule has 2 aliphatic rings. The van der Waals surface area contributed by atoms with Gasteiger partial charge in [0.05, 0.1) is 12.2 Å². The number of carbonyl (C=O) groups is 1. The molecule has 2 saturated heterocycles. The van der Waals surface area contributed by atoms with Crippen molar-refractivity contribution in [1.29, 1.82) is 0 Å². The van der Waals surface area contributed by atoms with Crippen LogP contribution in [0.15, 0.2) is 30.5 Å². The third-order valence-electron chi connectivity index (χ3n) is 5.39. The van der Waals surface area contributed by atoms with Gasteiger partial charge in [-0.05, 0) is 43.6 Å². The number of piperazine rings is 1. The minimum absolute atomic E-state index is 0. The zero-order valence-electron chi connectivity index (χ0n) is 16.2. The van der Waals surface area contributed by atoms with Crippen molar-refractivity contribution in [3.05, 3.63) is 46.7 Å². The van der Waals surface area contributed by atoms with Gasteiger partial charge in [-0.3, -0.25) is 9.69 Å². The molecule has 4 rings (SSSR count). The molecule has 3 heterocycles. The van der Waals surface area contributed by atoms with Crippen molar-refractivity contribution >= 4 is 42.3 Å². The van der Waals surface area contributed by atoms with Crippen LogP contribution in [-0.2, 0) is 6.54 Å². The third kappa shape index (κ3) is 6.06. The highest BCUT2D eigenvalue weighted by molar-refractivity contribution is 6.30. The molecule has 0 radical (unpaired) electrons. The fourth-order valence-corrected chi connectivity index (χ4v) is 3.87. The second-order valence-corrected chi connectivity index (χ2v) is 7.70. The van der Waals surface area contributed by atoms with Gasteiger partial charge in [0.15, 0.2) is 5.69 Å². The van der Waals surface area contributed by atoms with Crippen LogP contribution in [0.2, 0.25) is 5.02 Å². The highest BCUT2D eigenvalue weighted by Crippen LogP contribution is 2.18. The second kappa shape index (κ2) is 11.1. The van der Waals surface area contributed by atoms with Gasteiger partial charge in [-0.2, -0.15) is 0 Å². The first-order valence-corrected chi connectivity index (χ1v) is 9.95. The lowest BCUT2D eigenvalue weighted by molar-refractivity contribution is 0.0622. The smallest absolute Gasteiger partial charge is 0.276 e. The molecule has 1 N–H and O–H groups in total. The topological polar surface area (TPSA) is 66.3 Å². The molecule has 0 atom stereocenters. The van der Waals surface area contributed by atoms with Crippen molar-refractivity contribution in [2.75, 3.05) is 39.3 Å². The van der Waals surface area contributed by atoms with Gasteiger partial charge in [0.25, 0.3) is 5.91 Å². The van der Waals surface area contributed by atoms with E-state index in [4.69, 9.17) is 11.6 Å². The predicted molar refractivity (Wildman–Crippen MR) is 118 cm³/mol. The van der Waals surface area contributed by atoms with Crippen LogP contribution in [0.3, 0.4) is 0 Å². The number of rotatable bonds is 4. The molecule has 2 fully saturated rings. The summed E-state index contributed by atoms with van der Waals surface area (Å²) < 4.78 is 1.87. The molecule has 7 nitrogen and oxygen atoms in total. The van der Waals surface area contributed by atoms with Crippen molar-refractivity contribution < 1.29 is 4.79 Å². The Morgan fingerprint density at radius 2 is 1.72 bits per heavy atom. The van der Waals surface area contributed by atoms with E-state index in [0.717, 1.165) is 50.6 Å². The highest BCUT2D eigenvalue weighted by atomic mass is 35.5. The van der Waals surface area contributed by atoms with E-state index < -0.39 is 0 Å². The number of nitrogens with zero attached hydrogens (tertiary/aromatic N) is 5. The van der Waals surface area contributed by atoms with E-state index in [9.17, 15) is 4.79 Å². The van der Waals surface area contributed by atoms with Crippen molar-refractivity contribution in [3.8, 4) is 0 Å². The molecule has 0 bridgehead atoms. The first-order chi connectivity index (χ1) is 13.2. The summed E-state index contributed by atoms with van der Waals surface area (Å²) in [7, 11) is 0. The lowest BCUT2D eigenvalue weighted by Crippen LogP contribution is -2.48. The number of amides is 1. The molecule has 10 heteroatoms. The Morgan fingerprint density at radius 1 is 1.07 bits per heavy atom. The van der Waals surface area contributed by atoms with Crippen LogP contribution in [0.5, 0.6) is 0 Å². The lowest BCUT2D eigenvalue weighted by Gasteiger charge is -2.34. The maximum absolute atomic E-state index is 12.8. The molecule has 2 aromatic rings. The molecule has 1 aromatic heterocycles. The van der Waals surface area contributed by atoms with Crippen LogP contribution in [-0.4, -0.2) is 70.0 Å². The Bertz CT molecular complexity index is 771. The van der Waals surface area contributed by atoms with E-state index >= 15 is 0 Å². The number of halogens is 3. The average Bonchev–Trinajstić information content (AvgIpc) is 3.21. The molecular formula is C19H27Cl3N6O. The predicted octanol–water partition coefficient (Wildman–Crippen LogP) is 2.66. The van der Waals surface area contributed by atoms with Gasteiger partial charge in [-0.1, -0.05) is 28.9 Å². The number of hydrogen-bond acceptors (Lipinski definition) is 5. The quantitative estimate of drug-likeness (QED) is 0.758. The SMILES string of the molecule is Cl.Cl.O=C(c1cn(C2CCNCC2)nn1)N1CCN(Cc2ccc(Cl)cc2)CC1. The van der Waals surface area contributed by atoms with E-state index in [1.165, 1.54) is 5.56 Å². The number of aromatic nitrogens is 3. The first-order valence-electron chi connectivity index (χ1n) is 9.58. The number of piperidine rings is 1. The van der Waals surface area contributed by atoms with Gasteiger partial charge in [-0.25, -0.2) is 4.68 Å². The zero-order chi connectivity index (χ0) is 18.6. The van der Waals surface area contributed by atoms with Crippen LogP contribution in [0.1, 0.15) is 34.9 Å². The maximum atomic E-state index is 12.8. The van der Waals surface area contributed by atoms with E-state index in [-0.39, 0.29) is 30.7 Å². The van der Waals surface area contributed by atoms with Crippen LogP contribution in [0.4, 0.5) is 0 Å². The Kier molecular flexibility index (Phi) is 9.17. The molecule has 1 amide bonds. The summed E-state index contributed by atoms with van der Waals surface area (Å²) in [5.41, 5.74) is 1.70. The van der Waals surface area contributed by atoms with E-state index in [1.807, 2.05) is 27.9 Å². The summed E-state index contributed by atoms with van der Waals surface area (Å²) in [6, 6.07) is 8.29. The summed E-state index contributed by atoms with van der Waals surface area (Å²) in [6.45, 7) is 6.00. The molecular weight excluding hydrogens is 435 g/mol. The highest BCUT2D eigenvalue weighted by Gasteiger charge is 2.25. The zero-order valence-corrected chi connectivity index (χ0v) is 18.6. The summed E-state index contributed by atoms with van der Waals surface area (Å²) >= 11 is 5.94. The fourth-order valence-electron chi connectivity index (χ4n) is 3.74. The van der Waals surface area contributed by atoms with Crippen LogP contribution >= 0.6 is 36.4 Å². The van der Waals surface area contributed by atoms with Gasteiger partial charge in [0.1, 0.15) is 0 Å². The molecule has 0 unspecified atom stereocenters. The van der Waals surface area contributed by atoms with Crippen molar-refractivity contribution in [2.45, 2.75) is 25.4 Å². The minimum Gasteiger partial charge on any atom is -0.335 e. The van der Waals surface area contributed by atoms with E-state index in [2.05, 4.69) is 32.7 Å². The average molecular weight is 462 g/mol. The largest absolute Gasteiger partial charge is 0.335 e. The Morgan fingerprint density at radius 3 is 2.38 bits per heavy atom. The number of benzene rings is 1. The maximum Gasteiger partial charge on any atom is 0.276 e. The Labute approximate surface area is 188 Å². The monoisotopic (exact) mass is 460 g/mol. The molecule has 0 spiro atoms. The molecule has 2 aliphatic heterocycles. The van der Waals surface area contributed by atoms with Crippen molar-refractivity contribution in [3.63, 3.8) is 0 Å². The molecule has 29 heavy (non-hydrogen) atoms. The molecule has 0 saturated carbocycles. The molecule has 0 aliphatic carbocycles. The number of nitrogens with one attached hydrogen (secondary N) is 1. The van der Waals surface area contributed by atoms with E-state index in [1.54, 1.807) is 0 Å². The van der Waals surface area contributed by atoms with Crippen molar-refractivity contribution in [1.82, 2.24) is 30.1 Å². The standard InChI is InChI=1S/C19H25ClN6O.2ClH/c20-16-3-1-15(2-4-16)13-24-9-11-25(12-10-24)19(27)18-14-26(23-22-18)17-5-7-21-8-6-17;;/h1-4,14,17,21H,5-13H2;2*1H. The van der Waals surface area contributed by atoms with Gasteiger partial charge in [0, 0.05) is 37.7 Å². The molecule has 160 valence electrons. The normalized spacial score (nSPS) is 18.0. The van der Waals surface area contributed by atoms with Gasteiger partial charge >= 0.3 is 0 Å². The number of hydrogen-bond donors (Lipinski definition) is 1. The first kappa shape index (κ1) is 23.9. The summed E-state index contributed by atoms with van der Waals surface area (Å²) in [6.07, 6.45) is 3.87. The van der Waals surface area contributed by atoms with Crippen LogP contribution in [0.25, 0.3) is 0 Å².